The second-order valence-corrected chi connectivity index (χ2v) is 6.93. The van der Waals surface area contributed by atoms with Crippen molar-refractivity contribution in [3.8, 4) is 0 Å². The zero-order valence-electron chi connectivity index (χ0n) is 11.5. The van der Waals surface area contributed by atoms with Gasteiger partial charge in [-0.25, -0.2) is 0 Å². The highest BCUT2D eigenvalue weighted by molar-refractivity contribution is 7.15. The van der Waals surface area contributed by atoms with Crippen LogP contribution in [0, 0.1) is 16.0 Å². The van der Waals surface area contributed by atoms with Crippen molar-refractivity contribution in [2.45, 2.75) is 44.2 Å². The van der Waals surface area contributed by atoms with Gasteiger partial charge >= 0.3 is 5.00 Å². The first-order chi connectivity index (χ1) is 9.70. The van der Waals surface area contributed by atoms with Gasteiger partial charge in [-0.2, -0.15) is 0 Å². The van der Waals surface area contributed by atoms with Gasteiger partial charge in [-0.15, -0.1) is 0 Å². The summed E-state index contributed by atoms with van der Waals surface area (Å²) in [4.78, 5) is 14.3. The summed E-state index contributed by atoms with van der Waals surface area (Å²) < 4.78 is 0. The molecule has 0 spiro atoms. The summed E-state index contributed by atoms with van der Waals surface area (Å²) in [5.41, 5.74) is 5.99. The number of rotatable bonds is 4. The lowest BCUT2D eigenvalue weighted by Gasteiger charge is -2.34. The zero-order chi connectivity index (χ0) is 14.1. The molecule has 1 aliphatic carbocycles. The Morgan fingerprint density at radius 2 is 2.15 bits per heavy atom. The molecule has 2 atom stereocenters. The van der Waals surface area contributed by atoms with Crippen LogP contribution in [0.25, 0.3) is 0 Å². The van der Waals surface area contributed by atoms with Crippen LogP contribution in [-0.2, 0) is 0 Å². The second-order valence-electron chi connectivity index (χ2n) is 5.84. The monoisotopic (exact) mass is 295 g/mol. The van der Waals surface area contributed by atoms with Crippen molar-refractivity contribution in [2.75, 3.05) is 13.1 Å². The Hall–Kier alpha value is -0.980. The minimum atomic E-state index is -0.288. The Bertz CT molecular complexity index is 487. The lowest BCUT2D eigenvalue weighted by Crippen LogP contribution is -2.36. The van der Waals surface area contributed by atoms with Gasteiger partial charge < -0.3 is 5.73 Å². The molecular formula is C14H21N3O2S. The summed E-state index contributed by atoms with van der Waals surface area (Å²) in [5, 5.41) is 11.2. The molecule has 1 aliphatic heterocycles. The average molecular weight is 295 g/mol. The van der Waals surface area contributed by atoms with Gasteiger partial charge in [0.15, 0.2) is 0 Å². The molecule has 6 heteroatoms. The fourth-order valence-electron chi connectivity index (χ4n) is 3.33. The maximum absolute atomic E-state index is 10.9. The summed E-state index contributed by atoms with van der Waals surface area (Å²) in [7, 11) is 0. The van der Waals surface area contributed by atoms with Gasteiger partial charge in [-0.3, -0.25) is 15.0 Å². The van der Waals surface area contributed by atoms with Crippen molar-refractivity contribution >= 4 is 16.3 Å². The van der Waals surface area contributed by atoms with E-state index in [2.05, 4.69) is 4.90 Å². The van der Waals surface area contributed by atoms with Crippen LogP contribution in [0.2, 0.25) is 0 Å². The fourth-order valence-corrected chi connectivity index (χ4v) is 4.36. The van der Waals surface area contributed by atoms with E-state index in [1.54, 1.807) is 6.07 Å². The number of likely N-dealkylation sites (tertiary alicyclic amines) is 1. The summed E-state index contributed by atoms with van der Waals surface area (Å²) >= 11 is 1.33. The van der Waals surface area contributed by atoms with E-state index >= 15 is 0 Å². The lowest BCUT2D eigenvalue weighted by atomic mass is 9.93. The van der Waals surface area contributed by atoms with E-state index in [-0.39, 0.29) is 16.0 Å². The SMILES string of the molecule is NCC1CCCCN(C2CC2)C1c1ccc([N+](=O)[O-])s1. The van der Waals surface area contributed by atoms with Crippen molar-refractivity contribution in [3.63, 3.8) is 0 Å². The standard InChI is InChI=1S/C14H21N3O2S/c15-9-10-3-1-2-8-16(11-4-5-11)14(10)12-6-7-13(20-12)17(18)19/h6-7,10-11,14H,1-5,8-9,15H2. The molecule has 1 saturated carbocycles. The molecule has 110 valence electrons. The van der Waals surface area contributed by atoms with E-state index in [4.69, 9.17) is 5.73 Å². The van der Waals surface area contributed by atoms with Gasteiger partial charge in [0.05, 0.1) is 4.92 Å². The van der Waals surface area contributed by atoms with Crippen LogP contribution < -0.4 is 5.73 Å². The maximum Gasteiger partial charge on any atom is 0.324 e. The predicted octanol–water partition coefficient (Wildman–Crippen LogP) is 2.92. The van der Waals surface area contributed by atoms with Crippen LogP contribution in [0.1, 0.15) is 43.0 Å². The van der Waals surface area contributed by atoms with E-state index in [9.17, 15) is 10.1 Å². The third-order valence-corrected chi connectivity index (χ3v) is 5.56. The van der Waals surface area contributed by atoms with Crippen LogP contribution in [0.5, 0.6) is 0 Å². The molecule has 1 aromatic heterocycles. The molecule has 2 N–H and O–H groups in total. The molecule has 2 fully saturated rings. The summed E-state index contributed by atoms with van der Waals surface area (Å²) in [6.45, 7) is 1.77. The molecule has 2 unspecified atom stereocenters. The highest BCUT2D eigenvalue weighted by Gasteiger charge is 2.39. The molecule has 2 heterocycles. The molecule has 0 amide bonds. The topological polar surface area (TPSA) is 72.4 Å². The fraction of sp³-hybridized carbons (Fsp3) is 0.714. The maximum atomic E-state index is 10.9. The van der Waals surface area contributed by atoms with Gasteiger partial charge in [0.2, 0.25) is 0 Å². The van der Waals surface area contributed by atoms with Crippen LogP contribution in [0.15, 0.2) is 12.1 Å². The molecule has 0 aromatic carbocycles. The van der Waals surface area contributed by atoms with Crippen molar-refractivity contribution in [3.05, 3.63) is 27.1 Å². The van der Waals surface area contributed by atoms with Gasteiger partial charge in [-0.1, -0.05) is 17.8 Å². The Morgan fingerprint density at radius 1 is 1.35 bits per heavy atom. The number of hydrogen-bond donors (Lipinski definition) is 1. The van der Waals surface area contributed by atoms with Crippen LogP contribution in [0.3, 0.4) is 0 Å². The van der Waals surface area contributed by atoms with Gasteiger partial charge in [0.1, 0.15) is 0 Å². The molecule has 0 bridgehead atoms. The molecule has 1 aromatic rings. The quantitative estimate of drug-likeness (QED) is 0.684. The van der Waals surface area contributed by atoms with E-state index in [0.29, 0.717) is 18.5 Å². The van der Waals surface area contributed by atoms with Crippen LogP contribution in [-0.4, -0.2) is 29.0 Å². The second kappa shape index (κ2) is 5.79. The zero-order valence-corrected chi connectivity index (χ0v) is 12.3. The first-order valence-corrected chi connectivity index (χ1v) is 8.22. The Kier molecular flexibility index (Phi) is 4.05. The largest absolute Gasteiger partial charge is 0.330 e. The van der Waals surface area contributed by atoms with E-state index in [0.717, 1.165) is 17.8 Å². The first-order valence-electron chi connectivity index (χ1n) is 7.40. The summed E-state index contributed by atoms with van der Waals surface area (Å²) in [5.74, 6) is 0.427. The van der Waals surface area contributed by atoms with Crippen molar-refractivity contribution < 1.29 is 4.92 Å². The predicted molar refractivity (Wildman–Crippen MR) is 79.8 cm³/mol. The smallest absolute Gasteiger partial charge is 0.324 e. The van der Waals surface area contributed by atoms with Crippen molar-refractivity contribution in [1.82, 2.24) is 4.90 Å². The number of nitrogens with zero attached hydrogens (tertiary/aromatic N) is 2. The third kappa shape index (κ3) is 2.73. The highest BCUT2D eigenvalue weighted by atomic mass is 32.1. The van der Waals surface area contributed by atoms with Gasteiger partial charge in [-0.05, 0) is 50.8 Å². The Morgan fingerprint density at radius 3 is 2.75 bits per heavy atom. The number of thiophene rings is 1. The Labute approximate surface area is 122 Å². The highest BCUT2D eigenvalue weighted by Crippen LogP contribution is 2.44. The molecule has 0 radical (unpaired) electrons. The van der Waals surface area contributed by atoms with E-state index < -0.39 is 0 Å². The van der Waals surface area contributed by atoms with E-state index in [1.807, 2.05) is 6.07 Å². The average Bonchev–Trinajstić information content (AvgIpc) is 3.19. The minimum absolute atomic E-state index is 0.246. The summed E-state index contributed by atoms with van der Waals surface area (Å²) in [6.07, 6.45) is 6.10. The number of nitrogens with two attached hydrogens (primary N) is 1. The molecule has 20 heavy (non-hydrogen) atoms. The molecule has 5 nitrogen and oxygen atoms in total. The number of hydrogen-bond acceptors (Lipinski definition) is 5. The molecular weight excluding hydrogens is 274 g/mol. The van der Waals surface area contributed by atoms with Crippen molar-refractivity contribution in [1.29, 1.82) is 0 Å². The normalized spacial score (nSPS) is 28.2. The lowest BCUT2D eigenvalue weighted by molar-refractivity contribution is -0.380. The van der Waals surface area contributed by atoms with Gasteiger partial charge in [0.25, 0.3) is 0 Å². The van der Waals surface area contributed by atoms with Crippen LogP contribution >= 0.6 is 11.3 Å². The van der Waals surface area contributed by atoms with Crippen LogP contribution in [0.4, 0.5) is 5.00 Å². The first kappa shape index (κ1) is 14.0. The van der Waals surface area contributed by atoms with Gasteiger partial charge in [0, 0.05) is 23.0 Å². The molecule has 2 aliphatic rings. The van der Waals surface area contributed by atoms with E-state index in [1.165, 1.54) is 37.0 Å². The number of nitro groups is 1. The molecule has 3 rings (SSSR count). The summed E-state index contributed by atoms with van der Waals surface area (Å²) in [6, 6.07) is 4.54. The third-order valence-electron chi connectivity index (χ3n) is 4.45. The van der Waals surface area contributed by atoms with Crippen molar-refractivity contribution in [2.24, 2.45) is 11.7 Å². The molecule has 1 saturated heterocycles. The Balaban J connectivity index is 1.91. The minimum Gasteiger partial charge on any atom is -0.330 e.